The quantitative estimate of drug-likeness (QED) is 0.910. The van der Waals surface area contributed by atoms with Crippen LogP contribution in [0, 0.1) is 0 Å². The van der Waals surface area contributed by atoms with Crippen molar-refractivity contribution in [1.82, 2.24) is 0 Å². The van der Waals surface area contributed by atoms with Gasteiger partial charge in [0.1, 0.15) is 0 Å². The molecule has 0 fully saturated rings. The van der Waals surface area contributed by atoms with Gasteiger partial charge in [0, 0.05) is 25.2 Å². The third-order valence-electron chi connectivity index (χ3n) is 3.94. The van der Waals surface area contributed by atoms with E-state index in [0.29, 0.717) is 12.3 Å². The van der Waals surface area contributed by atoms with Crippen LogP contribution in [0.2, 0.25) is 0 Å². The van der Waals surface area contributed by atoms with Gasteiger partial charge in [0.2, 0.25) is 5.91 Å². The largest absolute Gasteiger partial charge is 0.324 e. The average molecular weight is 296 g/mol. The lowest BCUT2D eigenvalue weighted by atomic mass is 10.0. The Hall–Kier alpha value is -2.13. The van der Waals surface area contributed by atoms with E-state index in [2.05, 4.69) is 26.0 Å². The lowest BCUT2D eigenvalue weighted by molar-refractivity contribution is -0.118. The van der Waals surface area contributed by atoms with Crippen LogP contribution in [0.5, 0.6) is 0 Å². The summed E-state index contributed by atoms with van der Waals surface area (Å²) in [7, 11) is 1.80. The minimum Gasteiger partial charge on any atom is -0.324 e. The second-order valence-electron chi connectivity index (χ2n) is 5.92. The first-order valence-corrected chi connectivity index (χ1v) is 7.66. The molecular formula is C19H24N2O. The zero-order valence-electron chi connectivity index (χ0n) is 13.5. The SMILES string of the molecule is CC(C)c1ccc(N(C)C(=O)CC(N)c2ccccc2)cc1. The third kappa shape index (κ3) is 3.95. The molecule has 0 bridgehead atoms. The summed E-state index contributed by atoms with van der Waals surface area (Å²) < 4.78 is 0. The predicted molar refractivity (Wildman–Crippen MR) is 91.9 cm³/mol. The fourth-order valence-corrected chi connectivity index (χ4v) is 2.37. The van der Waals surface area contributed by atoms with Gasteiger partial charge in [-0.2, -0.15) is 0 Å². The number of anilines is 1. The molecule has 0 heterocycles. The first-order valence-electron chi connectivity index (χ1n) is 7.66. The van der Waals surface area contributed by atoms with Crippen LogP contribution in [0.3, 0.4) is 0 Å². The molecular weight excluding hydrogens is 272 g/mol. The van der Waals surface area contributed by atoms with Crippen molar-refractivity contribution < 1.29 is 4.79 Å². The van der Waals surface area contributed by atoms with E-state index in [1.165, 1.54) is 5.56 Å². The monoisotopic (exact) mass is 296 g/mol. The second kappa shape index (κ2) is 7.23. The molecule has 2 aromatic carbocycles. The van der Waals surface area contributed by atoms with Crippen LogP contribution in [-0.2, 0) is 4.79 Å². The van der Waals surface area contributed by atoms with Gasteiger partial charge < -0.3 is 10.6 Å². The highest BCUT2D eigenvalue weighted by Crippen LogP contribution is 2.21. The summed E-state index contributed by atoms with van der Waals surface area (Å²) in [6.45, 7) is 4.31. The Kier molecular flexibility index (Phi) is 5.34. The Balaban J connectivity index is 2.02. The number of hydrogen-bond acceptors (Lipinski definition) is 2. The molecule has 0 spiro atoms. The van der Waals surface area contributed by atoms with Crippen LogP contribution in [0.1, 0.15) is 43.4 Å². The second-order valence-corrected chi connectivity index (χ2v) is 5.92. The van der Waals surface area contributed by atoms with Crippen LogP contribution in [0.25, 0.3) is 0 Å². The summed E-state index contributed by atoms with van der Waals surface area (Å²) in [5.74, 6) is 0.509. The molecule has 0 radical (unpaired) electrons. The zero-order chi connectivity index (χ0) is 16.1. The van der Waals surface area contributed by atoms with Crippen LogP contribution in [0.4, 0.5) is 5.69 Å². The molecule has 0 saturated carbocycles. The minimum atomic E-state index is -0.272. The molecule has 2 rings (SSSR count). The molecule has 2 N–H and O–H groups in total. The maximum absolute atomic E-state index is 12.4. The van der Waals surface area contributed by atoms with E-state index in [-0.39, 0.29) is 11.9 Å². The van der Waals surface area contributed by atoms with Gasteiger partial charge in [-0.15, -0.1) is 0 Å². The molecule has 0 aliphatic rings. The highest BCUT2D eigenvalue weighted by molar-refractivity contribution is 5.93. The van der Waals surface area contributed by atoms with E-state index in [1.807, 2.05) is 42.5 Å². The number of nitrogens with two attached hydrogens (primary N) is 1. The van der Waals surface area contributed by atoms with Crippen molar-refractivity contribution in [2.75, 3.05) is 11.9 Å². The summed E-state index contributed by atoms with van der Waals surface area (Å²) >= 11 is 0. The fourth-order valence-electron chi connectivity index (χ4n) is 2.37. The van der Waals surface area contributed by atoms with Crippen molar-refractivity contribution in [3.8, 4) is 0 Å². The van der Waals surface area contributed by atoms with Crippen LogP contribution in [0.15, 0.2) is 54.6 Å². The molecule has 1 amide bonds. The molecule has 0 aromatic heterocycles. The topological polar surface area (TPSA) is 46.3 Å². The lowest BCUT2D eigenvalue weighted by Gasteiger charge is -2.20. The molecule has 0 aliphatic heterocycles. The van der Waals surface area contributed by atoms with E-state index < -0.39 is 0 Å². The zero-order valence-corrected chi connectivity index (χ0v) is 13.5. The number of benzene rings is 2. The number of amides is 1. The standard InChI is InChI=1S/C19H24N2O/c1-14(2)15-9-11-17(12-10-15)21(3)19(22)13-18(20)16-7-5-4-6-8-16/h4-12,14,18H,13,20H2,1-3H3. The van der Waals surface area contributed by atoms with Gasteiger partial charge in [-0.3, -0.25) is 4.79 Å². The predicted octanol–water partition coefficient (Wildman–Crippen LogP) is 3.86. The van der Waals surface area contributed by atoms with Gasteiger partial charge in [-0.05, 0) is 29.2 Å². The molecule has 3 nitrogen and oxygen atoms in total. The van der Waals surface area contributed by atoms with E-state index in [0.717, 1.165) is 11.3 Å². The summed E-state index contributed by atoms with van der Waals surface area (Å²) in [5.41, 5.74) is 9.28. The normalized spacial score (nSPS) is 12.2. The third-order valence-corrected chi connectivity index (χ3v) is 3.94. The highest BCUT2D eigenvalue weighted by atomic mass is 16.2. The molecule has 1 unspecified atom stereocenters. The number of carbonyl (C=O) groups is 1. The number of nitrogens with zero attached hydrogens (tertiary/aromatic N) is 1. The Morgan fingerprint density at radius 1 is 1.00 bits per heavy atom. The molecule has 1 atom stereocenters. The fraction of sp³-hybridized carbons (Fsp3) is 0.316. The number of rotatable bonds is 5. The van der Waals surface area contributed by atoms with Crippen LogP contribution < -0.4 is 10.6 Å². The van der Waals surface area contributed by atoms with Crippen LogP contribution in [-0.4, -0.2) is 13.0 Å². The summed E-state index contributed by atoms with van der Waals surface area (Å²) in [6.07, 6.45) is 0.298. The van der Waals surface area contributed by atoms with Crippen molar-refractivity contribution in [3.63, 3.8) is 0 Å². The van der Waals surface area contributed by atoms with Gasteiger partial charge in [0.05, 0.1) is 0 Å². The summed E-state index contributed by atoms with van der Waals surface area (Å²) in [6, 6.07) is 17.6. The molecule has 22 heavy (non-hydrogen) atoms. The Bertz CT molecular complexity index is 605. The van der Waals surface area contributed by atoms with Gasteiger partial charge in [-0.1, -0.05) is 56.3 Å². The van der Waals surface area contributed by atoms with E-state index in [9.17, 15) is 4.79 Å². The first-order chi connectivity index (χ1) is 10.5. The van der Waals surface area contributed by atoms with Crippen molar-refractivity contribution in [2.45, 2.75) is 32.2 Å². The Morgan fingerprint density at radius 3 is 2.14 bits per heavy atom. The molecule has 0 aliphatic carbocycles. The smallest absolute Gasteiger partial charge is 0.228 e. The molecule has 0 saturated heterocycles. The molecule has 116 valence electrons. The maximum Gasteiger partial charge on any atom is 0.228 e. The van der Waals surface area contributed by atoms with E-state index in [1.54, 1.807) is 11.9 Å². The molecule has 2 aromatic rings. The Morgan fingerprint density at radius 2 is 1.59 bits per heavy atom. The number of hydrogen-bond donors (Lipinski definition) is 1. The van der Waals surface area contributed by atoms with Crippen molar-refractivity contribution >= 4 is 11.6 Å². The van der Waals surface area contributed by atoms with Crippen LogP contribution >= 0.6 is 0 Å². The molecule has 3 heteroatoms. The Labute approximate surface area is 132 Å². The van der Waals surface area contributed by atoms with Gasteiger partial charge in [0.15, 0.2) is 0 Å². The van der Waals surface area contributed by atoms with Crippen molar-refractivity contribution in [2.24, 2.45) is 5.73 Å². The summed E-state index contributed by atoms with van der Waals surface area (Å²) in [5, 5.41) is 0. The van der Waals surface area contributed by atoms with E-state index in [4.69, 9.17) is 5.73 Å². The van der Waals surface area contributed by atoms with Gasteiger partial charge >= 0.3 is 0 Å². The van der Waals surface area contributed by atoms with Crippen molar-refractivity contribution in [1.29, 1.82) is 0 Å². The van der Waals surface area contributed by atoms with Gasteiger partial charge in [0.25, 0.3) is 0 Å². The highest BCUT2D eigenvalue weighted by Gasteiger charge is 2.16. The number of carbonyl (C=O) groups excluding carboxylic acids is 1. The average Bonchev–Trinajstić information content (AvgIpc) is 2.55. The minimum absolute atomic E-state index is 0.0219. The van der Waals surface area contributed by atoms with Crippen molar-refractivity contribution in [3.05, 3.63) is 65.7 Å². The first kappa shape index (κ1) is 16.2. The lowest BCUT2D eigenvalue weighted by Crippen LogP contribution is -2.29. The summed E-state index contributed by atoms with van der Waals surface area (Å²) in [4.78, 5) is 14.1. The van der Waals surface area contributed by atoms with E-state index >= 15 is 0 Å². The van der Waals surface area contributed by atoms with Gasteiger partial charge in [-0.25, -0.2) is 0 Å². The maximum atomic E-state index is 12.4.